The van der Waals surface area contributed by atoms with Gasteiger partial charge in [0.05, 0.1) is 0 Å². The Morgan fingerprint density at radius 3 is 2.33 bits per heavy atom. The molecule has 1 fully saturated rings. The van der Waals surface area contributed by atoms with Gasteiger partial charge in [-0.2, -0.15) is 0 Å². The predicted molar refractivity (Wildman–Crippen MR) is 66.6 cm³/mol. The summed E-state index contributed by atoms with van der Waals surface area (Å²) in [6.07, 6.45) is 6.40. The fourth-order valence-electron chi connectivity index (χ4n) is 1.85. The minimum atomic E-state index is 0. The van der Waals surface area contributed by atoms with Gasteiger partial charge < -0.3 is 4.90 Å². The molecule has 0 radical (unpaired) electrons. The summed E-state index contributed by atoms with van der Waals surface area (Å²) in [5.41, 5.74) is 1.11. The molecule has 1 saturated heterocycles. The summed E-state index contributed by atoms with van der Waals surface area (Å²) in [6.45, 7) is 7.25. The first-order chi connectivity index (χ1) is 6.68. The topological polar surface area (TPSA) is 20.3 Å². The van der Waals surface area contributed by atoms with Gasteiger partial charge in [0.2, 0.25) is 0 Å². The molecule has 0 aromatic rings. The van der Waals surface area contributed by atoms with Crippen molar-refractivity contribution in [2.75, 3.05) is 19.6 Å². The standard InChI is InChI=1S/C12H21NO.ClH/c1-11(2)10-12(14)6-9-13-7-4-3-5-8-13;/h10H,3-9H2,1-2H3;1H. The number of hydrogen-bond acceptors (Lipinski definition) is 2. The van der Waals surface area contributed by atoms with Crippen molar-refractivity contribution in [3.05, 3.63) is 11.6 Å². The van der Waals surface area contributed by atoms with Gasteiger partial charge in [-0.15, -0.1) is 12.4 Å². The molecule has 88 valence electrons. The molecule has 0 unspecified atom stereocenters. The average molecular weight is 232 g/mol. The Hall–Kier alpha value is -0.340. The lowest BCUT2D eigenvalue weighted by Gasteiger charge is -2.25. The largest absolute Gasteiger partial charge is 0.303 e. The second kappa shape index (κ2) is 7.89. The number of piperidine rings is 1. The fraction of sp³-hybridized carbons (Fsp3) is 0.750. The Morgan fingerprint density at radius 2 is 1.80 bits per heavy atom. The molecule has 0 atom stereocenters. The van der Waals surface area contributed by atoms with E-state index in [2.05, 4.69) is 4.90 Å². The van der Waals surface area contributed by atoms with Crippen molar-refractivity contribution >= 4 is 18.2 Å². The number of nitrogens with zero attached hydrogens (tertiary/aromatic N) is 1. The summed E-state index contributed by atoms with van der Waals surface area (Å²) in [6, 6.07) is 0. The van der Waals surface area contributed by atoms with Gasteiger partial charge in [-0.05, 0) is 45.9 Å². The van der Waals surface area contributed by atoms with Crippen LogP contribution < -0.4 is 0 Å². The van der Waals surface area contributed by atoms with Crippen LogP contribution in [0.1, 0.15) is 39.5 Å². The summed E-state index contributed by atoms with van der Waals surface area (Å²) in [7, 11) is 0. The van der Waals surface area contributed by atoms with Crippen LogP contribution in [0.5, 0.6) is 0 Å². The van der Waals surface area contributed by atoms with Gasteiger partial charge in [-0.25, -0.2) is 0 Å². The Labute approximate surface area is 99.1 Å². The molecule has 1 aliphatic rings. The van der Waals surface area contributed by atoms with E-state index in [9.17, 15) is 4.79 Å². The lowest BCUT2D eigenvalue weighted by molar-refractivity contribution is -0.115. The number of halogens is 1. The third-order valence-corrected chi connectivity index (χ3v) is 2.57. The molecule has 1 rings (SSSR count). The Morgan fingerprint density at radius 1 is 1.20 bits per heavy atom. The van der Waals surface area contributed by atoms with Crippen molar-refractivity contribution in [1.29, 1.82) is 0 Å². The van der Waals surface area contributed by atoms with Crippen LogP contribution >= 0.6 is 12.4 Å². The fourth-order valence-corrected chi connectivity index (χ4v) is 1.85. The van der Waals surface area contributed by atoms with E-state index < -0.39 is 0 Å². The lowest BCUT2D eigenvalue weighted by atomic mass is 10.1. The smallest absolute Gasteiger partial charge is 0.156 e. The molecule has 0 aromatic carbocycles. The average Bonchev–Trinajstić information content (AvgIpc) is 2.15. The normalized spacial score (nSPS) is 16.7. The number of hydrogen-bond donors (Lipinski definition) is 0. The third-order valence-electron chi connectivity index (χ3n) is 2.57. The van der Waals surface area contributed by atoms with Crippen LogP contribution in [-0.4, -0.2) is 30.3 Å². The Bertz CT molecular complexity index is 216. The van der Waals surface area contributed by atoms with Gasteiger partial charge >= 0.3 is 0 Å². The molecule has 3 heteroatoms. The van der Waals surface area contributed by atoms with Crippen LogP contribution in [0.2, 0.25) is 0 Å². The molecule has 0 N–H and O–H groups in total. The van der Waals surface area contributed by atoms with Crippen molar-refractivity contribution < 1.29 is 4.79 Å². The summed E-state index contributed by atoms with van der Waals surface area (Å²) < 4.78 is 0. The van der Waals surface area contributed by atoms with E-state index >= 15 is 0 Å². The van der Waals surface area contributed by atoms with Gasteiger partial charge in [-0.1, -0.05) is 12.0 Å². The molecule has 2 nitrogen and oxygen atoms in total. The zero-order chi connectivity index (χ0) is 10.4. The molecule has 0 aromatic heterocycles. The third kappa shape index (κ3) is 6.69. The summed E-state index contributed by atoms with van der Waals surface area (Å²) in [5.74, 6) is 0.274. The van der Waals surface area contributed by atoms with E-state index in [4.69, 9.17) is 0 Å². The highest BCUT2D eigenvalue weighted by molar-refractivity contribution is 5.90. The van der Waals surface area contributed by atoms with Crippen LogP contribution in [0.3, 0.4) is 0 Å². The van der Waals surface area contributed by atoms with E-state index in [0.717, 1.165) is 12.1 Å². The monoisotopic (exact) mass is 231 g/mol. The van der Waals surface area contributed by atoms with E-state index in [0.29, 0.717) is 6.42 Å². The molecular formula is C12H22ClNO. The molecule has 1 aliphatic heterocycles. The lowest BCUT2D eigenvalue weighted by Crippen LogP contribution is -2.31. The molecule has 15 heavy (non-hydrogen) atoms. The van der Waals surface area contributed by atoms with Crippen molar-refractivity contribution in [1.82, 2.24) is 4.90 Å². The number of ketones is 1. The maximum atomic E-state index is 11.4. The van der Waals surface area contributed by atoms with E-state index in [1.165, 1.54) is 32.4 Å². The Balaban J connectivity index is 0.00000196. The minimum absolute atomic E-state index is 0. The zero-order valence-corrected chi connectivity index (χ0v) is 10.6. The van der Waals surface area contributed by atoms with Crippen molar-refractivity contribution in [2.45, 2.75) is 39.5 Å². The Kier molecular flexibility index (Phi) is 7.71. The first-order valence-corrected chi connectivity index (χ1v) is 5.58. The van der Waals surface area contributed by atoms with Crippen LogP contribution in [0.25, 0.3) is 0 Å². The maximum absolute atomic E-state index is 11.4. The quantitative estimate of drug-likeness (QED) is 0.694. The number of allylic oxidation sites excluding steroid dienone is 2. The molecule has 0 saturated carbocycles. The molecule has 0 spiro atoms. The number of carbonyl (C=O) groups is 1. The minimum Gasteiger partial charge on any atom is -0.303 e. The van der Waals surface area contributed by atoms with Crippen LogP contribution in [0.4, 0.5) is 0 Å². The summed E-state index contributed by atoms with van der Waals surface area (Å²) in [5, 5.41) is 0. The van der Waals surface area contributed by atoms with E-state index in [-0.39, 0.29) is 18.2 Å². The highest BCUT2D eigenvalue weighted by Gasteiger charge is 2.10. The molecule has 0 bridgehead atoms. The molecule has 1 heterocycles. The van der Waals surface area contributed by atoms with Gasteiger partial charge in [0.15, 0.2) is 5.78 Å². The molecule has 0 aliphatic carbocycles. The van der Waals surface area contributed by atoms with Crippen LogP contribution in [0.15, 0.2) is 11.6 Å². The van der Waals surface area contributed by atoms with Crippen LogP contribution in [-0.2, 0) is 4.79 Å². The highest BCUT2D eigenvalue weighted by atomic mass is 35.5. The van der Waals surface area contributed by atoms with Crippen molar-refractivity contribution in [2.24, 2.45) is 0 Å². The first kappa shape index (κ1) is 14.7. The maximum Gasteiger partial charge on any atom is 0.156 e. The number of carbonyl (C=O) groups excluding carboxylic acids is 1. The van der Waals surface area contributed by atoms with Crippen molar-refractivity contribution in [3.63, 3.8) is 0 Å². The molecule has 0 amide bonds. The highest BCUT2D eigenvalue weighted by Crippen LogP contribution is 2.09. The van der Waals surface area contributed by atoms with Gasteiger partial charge in [0.25, 0.3) is 0 Å². The zero-order valence-electron chi connectivity index (χ0n) is 9.79. The van der Waals surface area contributed by atoms with Gasteiger partial charge in [0, 0.05) is 13.0 Å². The number of rotatable bonds is 4. The van der Waals surface area contributed by atoms with Gasteiger partial charge in [0.1, 0.15) is 0 Å². The van der Waals surface area contributed by atoms with Crippen molar-refractivity contribution in [3.8, 4) is 0 Å². The van der Waals surface area contributed by atoms with Crippen LogP contribution in [0, 0.1) is 0 Å². The van der Waals surface area contributed by atoms with E-state index in [1.807, 2.05) is 13.8 Å². The SMILES string of the molecule is CC(C)=CC(=O)CCN1CCCCC1.Cl. The summed E-state index contributed by atoms with van der Waals surface area (Å²) in [4.78, 5) is 13.8. The van der Waals surface area contributed by atoms with Gasteiger partial charge in [-0.3, -0.25) is 4.79 Å². The second-order valence-corrected chi connectivity index (χ2v) is 4.34. The van der Waals surface area contributed by atoms with E-state index in [1.54, 1.807) is 6.08 Å². The first-order valence-electron chi connectivity index (χ1n) is 5.58. The predicted octanol–water partition coefficient (Wildman–Crippen LogP) is 2.82. The second-order valence-electron chi connectivity index (χ2n) is 4.34. The summed E-state index contributed by atoms with van der Waals surface area (Å²) >= 11 is 0. The number of likely N-dealkylation sites (tertiary alicyclic amines) is 1. The molecular weight excluding hydrogens is 210 g/mol.